The molecule has 1 amide bonds. The van der Waals surface area contributed by atoms with Gasteiger partial charge in [0.15, 0.2) is 0 Å². The number of carboxylic acid groups (broad SMARTS) is 1. The van der Waals surface area contributed by atoms with Crippen LogP contribution in [-0.2, 0) is 14.3 Å². The Kier molecular flexibility index (Phi) is 6.33. The number of hydrogen-bond acceptors (Lipinski definition) is 4. The summed E-state index contributed by atoms with van der Waals surface area (Å²) in [6.07, 6.45) is 0.383. The summed E-state index contributed by atoms with van der Waals surface area (Å²) in [5, 5.41) is 9.30. The highest BCUT2D eigenvalue weighted by molar-refractivity contribution is 8.00. The number of carbonyl (C=O) groups is 2. The molecule has 1 aromatic rings. The largest absolute Gasteiger partial charge is 0.481 e. The molecule has 5 nitrogen and oxygen atoms in total. The van der Waals surface area contributed by atoms with Crippen LogP contribution in [0.25, 0.3) is 0 Å². The Morgan fingerprint density at radius 3 is 2.78 bits per heavy atom. The van der Waals surface area contributed by atoms with Gasteiger partial charge in [-0.25, -0.2) is 0 Å². The molecule has 0 aromatic heterocycles. The lowest BCUT2D eigenvalue weighted by molar-refractivity contribution is -0.139. The van der Waals surface area contributed by atoms with Gasteiger partial charge in [-0.05, 0) is 25.5 Å². The number of methoxy groups -OCH3 is 1. The lowest BCUT2D eigenvalue weighted by Gasteiger charge is -2.26. The first-order valence-electron chi connectivity index (χ1n) is 7.38. The first-order chi connectivity index (χ1) is 10.9. The molecule has 1 saturated heterocycles. The van der Waals surface area contributed by atoms with Gasteiger partial charge in [-0.15, -0.1) is 11.8 Å². The number of carboxylic acids is 1. The second-order valence-electron chi connectivity index (χ2n) is 5.53. The minimum atomic E-state index is -0.907. The summed E-state index contributed by atoms with van der Waals surface area (Å²) < 4.78 is 5.31. The smallest absolute Gasteiger partial charge is 0.305 e. The van der Waals surface area contributed by atoms with Gasteiger partial charge in [0, 0.05) is 24.6 Å². The number of likely N-dealkylation sites (tertiary alicyclic amines) is 1. The average Bonchev–Trinajstić information content (AvgIpc) is 2.91. The number of hydrogen-bond donors (Lipinski definition) is 1. The van der Waals surface area contributed by atoms with Crippen LogP contribution < -0.4 is 0 Å². The Labute approximate surface area is 144 Å². The van der Waals surface area contributed by atoms with Crippen molar-refractivity contribution in [3.63, 3.8) is 0 Å². The molecule has 0 spiro atoms. The van der Waals surface area contributed by atoms with E-state index in [1.54, 1.807) is 18.1 Å². The van der Waals surface area contributed by atoms with Crippen molar-refractivity contribution in [1.82, 2.24) is 4.90 Å². The van der Waals surface area contributed by atoms with Gasteiger partial charge in [0.1, 0.15) is 0 Å². The number of amides is 1. The molecule has 0 bridgehead atoms. The van der Waals surface area contributed by atoms with Gasteiger partial charge in [0.2, 0.25) is 5.91 Å². The van der Waals surface area contributed by atoms with Crippen molar-refractivity contribution in [2.75, 3.05) is 13.7 Å². The minimum absolute atomic E-state index is 0.0604. The highest BCUT2D eigenvalue weighted by Gasteiger charge is 2.38. The molecule has 1 fully saturated rings. The Bertz CT molecular complexity index is 583. The molecule has 3 atom stereocenters. The zero-order valence-electron chi connectivity index (χ0n) is 13.1. The first kappa shape index (κ1) is 18.1. The van der Waals surface area contributed by atoms with Crippen molar-refractivity contribution in [3.05, 3.63) is 29.3 Å². The summed E-state index contributed by atoms with van der Waals surface area (Å²) in [5.74, 6) is -0.989. The second kappa shape index (κ2) is 8.04. The summed E-state index contributed by atoms with van der Waals surface area (Å²) in [6, 6.07) is 7.04. The molecule has 0 saturated carbocycles. The first-order valence-corrected chi connectivity index (χ1v) is 8.64. The zero-order chi connectivity index (χ0) is 17.0. The minimum Gasteiger partial charge on any atom is -0.481 e. The number of halogens is 1. The van der Waals surface area contributed by atoms with E-state index in [1.165, 1.54) is 11.8 Å². The number of rotatable bonds is 6. The Morgan fingerprint density at radius 1 is 1.48 bits per heavy atom. The van der Waals surface area contributed by atoms with Gasteiger partial charge >= 0.3 is 5.97 Å². The van der Waals surface area contributed by atoms with Crippen molar-refractivity contribution < 1.29 is 19.4 Å². The second-order valence-corrected chi connectivity index (χ2v) is 7.32. The highest BCUT2D eigenvalue weighted by Crippen LogP contribution is 2.32. The number of thioether (sulfide) groups is 1. The molecular weight excluding hydrogens is 338 g/mol. The van der Waals surface area contributed by atoms with Gasteiger partial charge < -0.3 is 14.7 Å². The van der Waals surface area contributed by atoms with E-state index in [-0.39, 0.29) is 29.7 Å². The number of aliphatic carboxylic acids is 1. The molecule has 126 valence electrons. The Morgan fingerprint density at radius 2 is 2.17 bits per heavy atom. The van der Waals surface area contributed by atoms with E-state index in [0.29, 0.717) is 18.0 Å². The SMILES string of the molecule is COC1CC(CC(=O)O)N(C(=O)C(C)Sc2ccccc2Cl)C1. The van der Waals surface area contributed by atoms with Gasteiger partial charge in [-0.3, -0.25) is 9.59 Å². The maximum absolute atomic E-state index is 12.7. The van der Waals surface area contributed by atoms with Crippen LogP contribution in [0.1, 0.15) is 19.8 Å². The molecule has 1 heterocycles. The monoisotopic (exact) mass is 357 g/mol. The predicted octanol–water partition coefficient (Wildman–Crippen LogP) is 2.91. The fourth-order valence-electron chi connectivity index (χ4n) is 2.72. The lowest BCUT2D eigenvalue weighted by atomic mass is 10.1. The Hall–Kier alpha value is -1.24. The lowest BCUT2D eigenvalue weighted by Crippen LogP contribution is -2.41. The molecule has 0 aliphatic carbocycles. The number of carbonyl (C=O) groups excluding carboxylic acids is 1. The fourth-order valence-corrected chi connectivity index (χ4v) is 3.95. The van der Waals surface area contributed by atoms with Crippen LogP contribution in [0.4, 0.5) is 0 Å². The van der Waals surface area contributed by atoms with Crippen LogP contribution in [0.15, 0.2) is 29.2 Å². The summed E-state index contributed by atoms with van der Waals surface area (Å²) in [7, 11) is 1.58. The summed E-state index contributed by atoms with van der Waals surface area (Å²) in [5.41, 5.74) is 0. The van der Waals surface area contributed by atoms with E-state index in [0.717, 1.165) is 4.90 Å². The summed E-state index contributed by atoms with van der Waals surface area (Å²) >= 11 is 7.52. The molecular formula is C16H20ClNO4S. The highest BCUT2D eigenvalue weighted by atomic mass is 35.5. The summed E-state index contributed by atoms with van der Waals surface area (Å²) in [4.78, 5) is 26.2. The van der Waals surface area contributed by atoms with Crippen molar-refractivity contribution in [3.8, 4) is 0 Å². The molecule has 2 rings (SSSR count). The standard InChI is InChI=1S/C16H20ClNO4S/c1-10(23-14-6-4-3-5-13(14)17)16(21)18-9-12(22-2)7-11(18)8-15(19)20/h3-6,10-12H,7-9H2,1-2H3,(H,19,20). The van der Waals surface area contributed by atoms with Crippen LogP contribution in [0, 0.1) is 0 Å². The zero-order valence-corrected chi connectivity index (χ0v) is 14.6. The topological polar surface area (TPSA) is 66.8 Å². The van der Waals surface area contributed by atoms with E-state index >= 15 is 0 Å². The van der Waals surface area contributed by atoms with Crippen LogP contribution in [0.5, 0.6) is 0 Å². The maximum atomic E-state index is 12.7. The van der Waals surface area contributed by atoms with Crippen molar-refractivity contribution in [1.29, 1.82) is 0 Å². The van der Waals surface area contributed by atoms with Crippen LogP contribution in [-0.4, -0.2) is 52.9 Å². The van der Waals surface area contributed by atoms with Crippen molar-refractivity contribution in [2.24, 2.45) is 0 Å². The summed E-state index contributed by atoms with van der Waals surface area (Å²) in [6.45, 7) is 2.25. The fraction of sp³-hybridized carbons (Fsp3) is 0.500. The van der Waals surface area contributed by atoms with E-state index in [2.05, 4.69) is 0 Å². The Balaban J connectivity index is 2.07. The molecule has 1 aromatic carbocycles. The molecule has 1 N–H and O–H groups in total. The van der Waals surface area contributed by atoms with Crippen LogP contribution >= 0.6 is 23.4 Å². The molecule has 1 aliphatic rings. The number of nitrogens with zero attached hydrogens (tertiary/aromatic N) is 1. The third-order valence-electron chi connectivity index (χ3n) is 3.89. The van der Waals surface area contributed by atoms with Crippen LogP contribution in [0.2, 0.25) is 5.02 Å². The van der Waals surface area contributed by atoms with Gasteiger partial charge in [-0.2, -0.15) is 0 Å². The normalized spacial score (nSPS) is 22.1. The van der Waals surface area contributed by atoms with Gasteiger partial charge in [0.05, 0.1) is 22.8 Å². The number of benzene rings is 1. The third kappa shape index (κ3) is 4.62. The molecule has 7 heteroatoms. The number of ether oxygens (including phenoxy) is 1. The molecule has 0 radical (unpaired) electrons. The third-order valence-corrected chi connectivity index (χ3v) is 5.50. The van der Waals surface area contributed by atoms with Gasteiger partial charge in [0.25, 0.3) is 0 Å². The van der Waals surface area contributed by atoms with E-state index < -0.39 is 5.97 Å². The maximum Gasteiger partial charge on any atom is 0.305 e. The molecule has 1 aliphatic heterocycles. The average molecular weight is 358 g/mol. The van der Waals surface area contributed by atoms with E-state index in [4.69, 9.17) is 21.4 Å². The molecule has 23 heavy (non-hydrogen) atoms. The quantitative estimate of drug-likeness (QED) is 0.793. The predicted molar refractivity (Wildman–Crippen MR) is 89.9 cm³/mol. The van der Waals surface area contributed by atoms with E-state index in [9.17, 15) is 9.59 Å². The molecule has 3 unspecified atom stereocenters. The van der Waals surface area contributed by atoms with Gasteiger partial charge in [-0.1, -0.05) is 23.7 Å². The van der Waals surface area contributed by atoms with Crippen molar-refractivity contribution >= 4 is 35.2 Å². The van der Waals surface area contributed by atoms with E-state index in [1.807, 2.05) is 25.1 Å². The van der Waals surface area contributed by atoms with Crippen LogP contribution in [0.3, 0.4) is 0 Å². The van der Waals surface area contributed by atoms with Crippen molar-refractivity contribution in [2.45, 2.75) is 42.1 Å².